The Kier molecular flexibility index (Phi) is 6.22. The molecule has 0 saturated heterocycles. The van der Waals surface area contributed by atoms with E-state index >= 15 is 0 Å². The summed E-state index contributed by atoms with van der Waals surface area (Å²) in [5, 5.41) is 3.05. The van der Waals surface area contributed by atoms with Gasteiger partial charge in [0.2, 0.25) is 0 Å². The predicted molar refractivity (Wildman–Crippen MR) is 70.3 cm³/mol. The van der Waals surface area contributed by atoms with Crippen molar-refractivity contribution in [3.8, 4) is 5.75 Å². The highest BCUT2D eigenvalue weighted by Crippen LogP contribution is 2.24. The molecule has 0 aromatic heterocycles. The second-order valence-electron chi connectivity index (χ2n) is 3.80. The molecule has 4 nitrogen and oxygen atoms in total. The summed E-state index contributed by atoms with van der Waals surface area (Å²) in [6.45, 7) is 2.62. The lowest BCUT2D eigenvalue weighted by molar-refractivity contribution is -0.123. The molecule has 5 heteroatoms. The van der Waals surface area contributed by atoms with Crippen LogP contribution in [0.15, 0.2) is 18.2 Å². The highest BCUT2D eigenvalue weighted by Gasteiger charge is 2.06. The first kappa shape index (κ1) is 14.5. The van der Waals surface area contributed by atoms with Crippen LogP contribution in [0, 0.1) is 0 Å². The molecular formula is C13H16ClNO3. The molecule has 0 unspecified atom stereocenters. The molecule has 0 radical (unpaired) electrons. The van der Waals surface area contributed by atoms with Gasteiger partial charge in [0.05, 0.1) is 5.02 Å². The van der Waals surface area contributed by atoms with Crippen LogP contribution in [0.3, 0.4) is 0 Å². The minimum absolute atomic E-state index is 0.0795. The van der Waals surface area contributed by atoms with E-state index in [0.29, 0.717) is 29.2 Å². The Balaban J connectivity index is 2.43. The van der Waals surface area contributed by atoms with Crippen molar-refractivity contribution in [3.05, 3.63) is 28.8 Å². The number of ether oxygens (including phenoxy) is 1. The maximum absolute atomic E-state index is 11.4. The Hall–Kier alpha value is -1.55. The SMILES string of the molecule is CCCCNC(=O)COc1ccc(C=O)cc1Cl. The number of amides is 1. The van der Waals surface area contributed by atoms with Gasteiger partial charge in [-0.15, -0.1) is 0 Å². The van der Waals surface area contributed by atoms with Crippen molar-refractivity contribution in [2.24, 2.45) is 0 Å². The minimum Gasteiger partial charge on any atom is -0.482 e. The van der Waals surface area contributed by atoms with E-state index in [1.54, 1.807) is 12.1 Å². The molecule has 0 heterocycles. The van der Waals surface area contributed by atoms with E-state index in [-0.39, 0.29) is 12.5 Å². The molecule has 0 bridgehead atoms. The van der Waals surface area contributed by atoms with Gasteiger partial charge in [-0.3, -0.25) is 9.59 Å². The Morgan fingerprint density at radius 1 is 1.50 bits per heavy atom. The normalized spacial score (nSPS) is 9.89. The fraction of sp³-hybridized carbons (Fsp3) is 0.385. The van der Waals surface area contributed by atoms with E-state index < -0.39 is 0 Å². The zero-order valence-corrected chi connectivity index (χ0v) is 11.0. The molecule has 1 aromatic carbocycles. The molecule has 98 valence electrons. The van der Waals surface area contributed by atoms with Gasteiger partial charge in [0.25, 0.3) is 5.91 Å². The Labute approximate surface area is 111 Å². The third-order valence-corrected chi connectivity index (χ3v) is 2.60. The molecule has 0 aliphatic carbocycles. The molecule has 0 atom stereocenters. The third-order valence-electron chi connectivity index (χ3n) is 2.30. The third kappa shape index (κ3) is 4.75. The number of carbonyl (C=O) groups is 2. The molecular weight excluding hydrogens is 254 g/mol. The Morgan fingerprint density at radius 3 is 2.89 bits per heavy atom. The van der Waals surface area contributed by atoms with Crippen molar-refractivity contribution in [2.75, 3.05) is 13.2 Å². The van der Waals surface area contributed by atoms with Crippen molar-refractivity contribution in [3.63, 3.8) is 0 Å². The number of carbonyl (C=O) groups excluding carboxylic acids is 2. The fourth-order valence-corrected chi connectivity index (χ4v) is 1.55. The lowest BCUT2D eigenvalue weighted by Gasteiger charge is -2.08. The molecule has 0 fully saturated rings. The largest absolute Gasteiger partial charge is 0.482 e. The predicted octanol–water partition coefficient (Wildman–Crippen LogP) is 2.45. The first-order valence-electron chi connectivity index (χ1n) is 5.81. The lowest BCUT2D eigenvalue weighted by Crippen LogP contribution is -2.29. The molecule has 1 amide bonds. The van der Waals surface area contributed by atoms with Crippen molar-refractivity contribution >= 4 is 23.8 Å². The summed E-state index contributed by atoms with van der Waals surface area (Å²) in [4.78, 5) is 21.9. The monoisotopic (exact) mass is 269 g/mol. The highest BCUT2D eigenvalue weighted by molar-refractivity contribution is 6.32. The smallest absolute Gasteiger partial charge is 0.257 e. The number of nitrogens with one attached hydrogen (secondary N) is 1. The minimum atomic E-state index is -0.181. The number of hydrogen-bond acceptors (Lipinski definition) is 3. The molecule has 0 aliphatic heterocycles. The van der Waals surface area contributed by atoms with Crippen LogP contribution in [0.25, 0.3) is 0 Å². The highest BCUT2D eigenvalue weighted by atomic mass is 35.5. The number of unbranched alkanes of at least 4 members (excludes halogenated alkanes) is 1. The summed E-state index contributed by atoms with van der Waals surface area (Å²) in [5.41, 5.74) is 0.472. The van der Waals surface area contributed by atoms with Gasteiger partial charge in [-0.1, -0.05) is 24.9 Å². The van der Waals surface area contributed by atoms with Crippen LogP contribution in [0.5, 0.6) is 5.75 Å². The van der Waals surface area contributed by atoms with Gasteiger partial charge >= 0.3 is 0 Å². The van der Waals surface area contributed by atoms with Gasteiger partial charge in [-0.05, 0) is 24.6 Å². The number of hydrogen-bond donors (Lipinski definition) is 1. The fourth-order valence-electron chi connectivity index (χ4n) is 1.31. The maximum atomic E-state index is 11.4. The zero-order chi connectivity index (χ0) is 13.4. The average Bonchev–Trinajstić information content (AvgIpc) is 2.37. The van der Waals surface area contributed by atoms with Crippen LogP contribution in [0.1, 0.15) is 30.1 Å². The van der Waals surface area contributed by atoms with Gasteiger partial charge in [0.1, 0.15) is 12.0 Å². The zero-order valence-electron chi connectivity index (χ0n) is 10.2. The van der Waals surface area contributed by atoms with Crippen LogP contribution >= 0.6 is 11.6 Å². The first-order chi connectivity index (χ1) is 8.67. The van der Waals surface area contributed by atoms with E-state index in [0.717, 1.165) is 12.8 Å². The van der Waals surface area contributed by atoms with Crippen molar-refractivity contribution in [2.45, 2.75) is 19.8 Å². The second kappa shape index (κ2) is 7.71. The van der Waals surface area contributed by atoms with Crippen LogP contribution in [0.4, 0.5) is 0 Å². The summed E-state index contributed by atoms with van der Waals surface area (Å²) in [7, 11) is 0. The van der Waals surface area contributed by atoms with Crippen molar-refractivity contribution in [1.29, 1.82) is 0 Å². The second-order valence-corrected chi connectivity index (χ2v) is 4.21. The molecule has 0 saturated carbocycles. The van der Waals surface area contributed by atoms with Gasteiger partial charge in [0.15, 0.2) is 6.61 Å². The van der Waals surface area contributed by atoms with E-state index in [2.05, 4.69) is 12.2 Å². The Bertz CT molecular complexity index is 421. The van der Waals surface area contributed by atoms with Crippen LogP contribution < -0.4 is 10.1 Å². The molecule has 0 aliphatic rings. The van der Waals surface area contributed by atoms with Crippen LogP contribution in [-0.4, -0.2) is 25.3 Å². The van der Waals surface area contributed by atoms with E-state index in [4.69, 9.17) is 16.3 Å². The summed E-state index contributed by atoms with van der Waals surface area (Å²) < 4.78 is 5.27. The average molecular weight is 270 g/mol. The Morgan fingerprint density at radius 2 is 2.28 bits per heavy atom. The quantitative estimate of drug-likeness (QED) is 0.611. The van der Waals surface area contributed by atoms with E-state index in [9.17, 15) is 9.59 Å². The molecule has 18 heavy (non-hydrogen) atoms. The van der Waals surface area contributed by atoms with Crippen molar-refractivity contribution in [1.82, 2.24) is 5.32 Å². The van der Waals surface area contributed by atoms with Gasteiger partial charge in [-0.25, -0.2) is 0 Å². The lowest BCUT2D eigenvalue weighted by atomic mass is 10.2. The number of rotatable bonds is 7. The topological polar surface area (TPSA) is 55.4 Å². The number of halogens is 1. The van der Waals surface area contributed by atoms with E-state index in [1.165, 1.54) is 6.07 Å². The maximum Gasteiger partial charge on any atom is 0.257 e. The molecule has 1 N–H and O–H groups in total. The van der Waals surface area contributed by atoms with Crippen LogP contribution in [0.2, 0.25) is 5.02 Å². The van der Waals surface area contributed by atoms with E-state index in [1.807, 2.05) is 0 Å². The number of aldehydes is 1. The van der Waals surface area contributed by atoms with Gasteiger partial charge in [0, 0.05) is 12.1 Å². The number of benzene rings is 1. The summed E-state index contributed by atoms with van der Waals surface area (Å²) in [5.74, 6) is 0.215. The van der Waals surface area contributed by atoms with Gasteiger partial charge < -0.3 is 10.1 Å². The first-order valence-corrected chi connectivity index (χ1v) is 6.19. The molecule has 1 rings (SSSR count). The van der Waals surface area contributed by atoms with Crippen LogP contribution in [-0.2, 0) is 4.79 Å². The summed E-state index contributed by atoms with van der Waals surface area (Å²) in [6, 6.07) is 4.66. The standard InChI is InChI=1S/C13H16ClNO3/c1-2-3-6-15-13(17)9-18-12-5-4-10(8-16)7-11(12)14/h4-5,7-8H,2-3,6,9H2,1H3,(H,15,17). The summed E-state index contributed by atoms with van der Waals surface area (Å²) >= 11 is 5.90. The van der Waals surface area contributed by atoms with Crippen molar-refractivity contribution < 1.29 is 14.3 Å². The molecule has 0 spiro atoms. The summed E-state index contributed by atoms with van der Waals surface area (Å²) in [6.07, 6.45) is 2.67. The van der Waals surface area contributed by atoms with Gasteiger partial charge in [-0.2, -0.15) is 0 Å². The molecule has 1 aromatic rings.